The minimum atomic E-state index is -0.644. The first-order chi connectivity index (χ1) is 12.9. The van der Waals surface area contributed by atoms with Gasteiger partial charge in [0.25, 0.3) is 0 Å². The molecule has 3 amide bonds. The van der Waals surface area contributed by atoms with Gasteiger partial charge in [0.15, 0.2) is 0 Å². The molecule has 2 aromatic carbocycles. The molecule has 0 aliphatic carbocycles. The number of likely N-dealkylation sites (tertiary alicyclic amines) is 1. The third-order valence-electron chi connectivity index (χ3n) is 5.09. The molecule has 1 fully saturated rings. The fourth-order valence-corrected chi connectivity index (χ4v) is 3.70. The molecule has 3 atom stereocenters. The van der Waals surface area contributed by atoms with E-state index in [0.29, 0.717) is 13.1 Å². The zero-order valence-electron chi connectivity index (χ0n) is 15.9. The van der Waals surface area contributed by atoms with Gasteiger partial charge in [-0.25, -0.2) is 4.79 Å². The Kier molecular flexibility index (Phi) is 7.43. The predicted molar refractivity (Wildman–Crippen MR) is 112 cm³/mol. The van der Waals surface area contributed by atoms with Crippen molar-refractivity contribution in [3.8, 4) is 0 Å². The Morgan fingerprint density at radius 2 is 1.86 bits per heavy atom. The Balaban J connectivity index is 0.00000280. The molecule has 0 saturated carbocycles. The first kappa shape index (κ1) is 21.7. The fourth-order valence-electron chi connectivity index (χ4n) is 3.70. The van der Waals surface area contributed by atoms with Gasteiger partial charge in [-0.15, -0.1) is 12.4 Å². The number of halogens is 1. The first-order valence-corrected chi connectivity index (χ1v) is 9.15. The van der Waals surface area contributed by atoms with Crippen LogP contribution < -0.4 is 16.8 Å². The number of nitrogens with one attached hydrogen (secondary N) is 1. The summed E-state index contributed by atoms with van der Waals surface area (Å²) >= 11 is 0. The predicted octanol–water partition coefficient (Wildman–Crippen LogP) is 2.47. The average Bonchev–Trinajstić information content (AvgIpc) is 3.03. The number of carbonyl (C=O) groups excluding carboxylic acids is 2. The van der Waals surface area contributed by atoms with Crippen molar-refractivity contribution in [2.45, 2.75) is 31.3 Å². The first-order valence-electron chi connectivity index (χ1n) is 9.15. The van der Waals surface area contributed by atoms with Crippen molar-refractivity contribution >= 4 is 24.3 Å². The third-order valence-corrected chi connectivity index (χ3v) is 5.09. The highest BCUT2D eigenvalue weighted by Gasteiger charge is 2.34. The number of amides is 3. The quantitative estimate of drug-likeness (QED) is 0.715. The van der Waals surface area contributed by atoms with E-state index in [1.54, 1.807) is 4.90 Å². The number of hydrogen-bond donors (Lipinski definition) is 3. The Morgan fingerprint density at radius 1 is 1.14 bits per heavy atom. The molecule has 5 N–H and O–H groups in total. The van der Waals surface area contributed by atoms with Crippen molar-refractivity contribution < 1.29 is 9.59 Å². The summed E-state index contributed by atoms with van der Waals surface area (Å²) in [4.78, 5) is 26.1. The van der Waals surface area contributed by atoms with Crippen LogP contribution in [0.3, 0.4) is 0 Å². The van der Waals surface area contributed by atoms with E-state index >= 15 is 0 Å². The minimum Gasteiger partial charge on any atom is -0.352 e. The molecule has 1 aliphatic rings. The molecule has 1 aliphatic heterocycles. The molecule has 0 aromatic heterocycles. The van der Waals surface area contributed by atoms with E-state index in [2.05, 4.69) is 5.32 Å². The van der Waals surface area contributed by atoms with Crippen LogP contribution in [-0.4, -0.2) is 36.0 Å². The average molecular weight is 403 g/mol. The van der Waals surface area contributed by atoms with E-state index in [-0.39, 0.29) is 36.7 Å². The van der Waals surface area contributed by atoms with Gasteiger partial charge < -0.3 is 21.7 Å². The van der Waals surface area contributed by atoms with Gasteiger partial charge in [0, 0.05) is 25.0 Å². The Bertz CT molecular complexity index is 815. The summed E-state index contributed by atoms with van der Waals surface area (Å²) in [5.41, 5.74) is 14.7. The molecule has 3 rings (SSSR count). The van der Waals surface area contributed by atoms with Crippen molar-refractivity contribution in [1.82, 2.24) is 10.2 Å². The van der Waals surface area contributed by atoms with Crippen LogP contribution in [0.5, 0.6) is 0 Å². The number of nitrogens with zero attached hydrogens (tertiary/aromatic N) is 1. The van der Waals surface area contributed by atoms with Crippen LogP contribution in [0, 0.1) is 6.92 Å². The van der Waals surface area contributed by atoms with Crippen molar-refractivity contribution in [3.63, 3.8) is 0 Å². The van der Waals surface area contributed by atoms with Crippen molar-refractivity contribution in [3.05, 3.63) is 71.3 Å². The van der Waals surface area contributed by atoms with Gasteiger partial charge in [-0.2, -0.15) is 0 Å². The number of benzene rings is 2. The van der Waals surface area contributed by atoms with E-state index in [0.717, 1.165) is 16.7 Å². The summed E-state index contributed by atoms with van der Waals surface area (Å²) in [6, 6.07) is 16.5. The maximum atomic E-state index is 12.9. The van der Waals surface area contributed by atoms with Gasteiger partial charge in [-0.05, 0) is 18.1 Å². The molecule has 1 heterocycles. The molecular weight excluding hydrogens is 376 g/mol. The maximum Gasteiger partial charge on any atom is 0.312 e. The topological polar surface area (TPSA) is 101 Å². The van der Waals surface area contributed by atoms with Crippen LogP contribution in [0.2, 0.25) is 0 Å². The lowest BCUT2D eigenvalue weighted by Gasteiger charge is -2.22. The van der Waals surface area contributed by atoms with Gasteiger partial charge >= 0.3 is 6.03 Å². The van der Waals surface area contributed by atoms with Crippen LogP contribution in [0.15, 0.2) is 54.6 Å². The lowest BCUT2D eigenvalue weighted by atomic mass is 9.95. The monoisotopic (exact) mass is 402 g/mol. The van der Waals surface area contributed by atoms with E-state index in [9.17, 15) is 9.59 Å². The van der Waals surface area contributed by atoms with Crippen LogP contribution in [-0.2, 0) is 4.79 Å². The van der Waals surface area contributed by atoms with E-state index in [4.69, 9.17) is 11.5 Å². The van der Waals surface area contributed by atoms with E-state index < -0.39 is 12.1 Å². The Hall–Kier alpha value is -2.57. The van der Waals surface area contributed by atoms with Crippen LogP contribution in [0.4, 0.5) is 4.79 Å². The number of primary amides is 1. The number of aryl methyl sites for hydroxylation is 1. The van der Waals surface area contributed by atoms with Crippen LogP contribution >= 0.6 is 12.4 Å². The second kappa shape index (κ2) is 9.57. The smallest absolute Gasteiger partial charge is 0.312 e. The molecule has 150 valence electrons. The van der Waals surface area contributed by atoms with E-state index in [1.165, 1.54) is 0 Å². The zero-order valence-corrected chi connectivity index (χ0v) is 16.7. The lowest BCUT2D eigenvalue weighted by molar-refractivity contribution is -0.130. The van der Waals surface area contributed by atoms with Gasteiger partial charge in [0.1, 0.15) is 0 Å². The van der Waals surface area contributed by atoms with Crippen molar-refractivity contribution in [2.75, 3.05) is 13.1 Å². The molecular formula is C21H27ClN4O2. The minimum absolute atomic E-state index is 0. The van der Waals surface area contributed by atoms with Gasteiger partial charge in [0.05, 0.1) is 12.5 Å². The second-order valence-electron chi connectivity index (χ2n) is 7.16. The largest absolute Gasteiger partial charge is 0.352 e. The van der Waals surface area contributed by atoms with Crippen molar-refractivity contribution in [2.24, 2.45) is 11.5 Å². The van der Waals surface area contributed by atoms with Gasteiger partial charge in [0.2, 0.25) is 5.91 Å². The summed E-state index contributed by atoms with van der Waals surface area (Å²) in [7, 11) is 0. The maximum absolute atomic E-state index is 12.9. The highest BCUT2D eigenvalue weighted by molar-refractivity contribution is 5.85. The number of nitrogens with two attached hydrogens (primary N) is 2. The highest BCUT2D eigenvalue weighted by atomic mass is 35.5. The molecule has 2 aromatic rings. The number of rotatable bonds is 5. The third kappa shape index (κ3) is 5.24. The standard InChI is InChI=1S/C21H26N4O2.ClH/c1-14-6-5-9-16(10-14)19(24-21(23)27)11-20(26)25-12-17(18(22)13-25)15-7-3-2-4-8-15;/h2-10,17-19H,11-13,22H2,1H3,(H3,23,24,27);1H/t17-,18+,19?;/m0./s1. The fraction of sp³-hybridized carbons (Fsp3) is 0.333. The molecule has 0 radical (unpaired) electrons. The summed E-state index contributed by atoms with van der Waals surface area (Å²) < 4.78 is 0. The summed E-state index contributed by atoms with van der Waals surface area (Å²) in [5.74, 6) is 0.0841. The van der Waals surface area contributed by atoms with Crippen LogP contribution in [0.25, 0.3) is 0 Å². The molecule has 1 unspecified atom stereocenters. The normalized spacial score (nSPS) is 19.6. The Morgan fingerprint density at radius 3 is 2.50 bits per heavy atom. The highest BCUT2D eigenvalue weighted by Crippen LogP contribution is 2.28. The number of urea groups is 1. The molecule has 0 spiro atoms. The second-order valence-corrected chi connectivity index (χ2v) is 7.16. The molecule has 7 heteroatoms. The summed E-state index contributed by atoms with van der Waals surface area (Å²) in [6.07, 6.45) is 0.153. The number of carbonyl (C=O) groups is 2. The summed E-state index contributed by atoms with van der Waals surface area (Å²) in [6.45, 7) is 3.06. The van der Waals surface area contributed by atoms with Crippen LogP contribution in [0.1, 0.15) is 35.1 Å². The number of hydrogen-bond acceptors (Lipinski definition) is 3. The van der Waals surface area contributed by atoms with E-state index in [1.807, 2.05) is 61.5 Å². The molecule has 1 saturated heterocycles. The van der Waals surface area contributed by atoms with Gasteiger partial charge in [-0.1, -0.05) is 60.2 Å². The Labute approximate surface area is 171 Å². The molecule has 0 bridgehead atoms. The lowest BCUT2D eigenvalue weighted by Crippen LogP contribution is -2.38. The van der Waals surface area contributed by atoms with Gasteiger partial charge in [-0.3, -0.25) is 4.79 Å². The molecule has 6 nitrogen and oxygen atoms in total. The van der Waals surface area contributed by atoms with Crippen molar-refractivity contribution in [1.29, 1.82) is 0 Å². The summed E-state index contributed by atoms with van der Waals surface area (Å²) in [5, 5.41) is 2.69. The zero-order chi connectivity index (χ0) is 19.4. The SMILES string of the molecule is Cc1cccc(C(CC(=O)N2C[C@@H](N)[C@H](c3ccccc3)C2)NC(N)=O)c1.Cl. The molecule has 28 heavy (non-hydrogen) atoms.